The van der Waals surface area contributed by atoms with Crippen LogP contribution >= 0.6 is 0 Å². The van der Waals surface area contributed by atoms with Crippen molar-refractivity contribution in [3.63, 3.8) is 0 Å². The molecule has 0 bridgehead atoms. The molecule has 110 valence electrons. The molecule has 0 amide bonds. The zero-order chi connectivity index (χ0) is 16.5. The van der Waals surface area contributed by atoms with Gasteiger partial charge in [0.1, 0.15) is 5.69 Å². The van der Waals surface area contributed by atoms with Crippen molar-refractivity contribution in [2.24, 2.45) is 5.10 Å². The highest BCUT2D eigenvalue weighted by Gasteiger charge is 2.30. The lowest BCUT2D eigenvalue weighted by Gasteiger charge is -2.03. The third-order valence-electron chi connectivity index (χ3n) is 3.89. The predicted octanol–water partition coefficient (Wildman–Crippen LogP) is 3.67. The molecule has 1 aromatic heterocycles. The number of hydrogen-bond acceptors (Lipinski definition) is 4. The molecule has 0 atom stereocenters. The van der Waals surface area contributed by atoms with Gasteiger partial charge in [-0.2, -0.15) is 11.8 Å². The van der Waals surface area contributed by atoms with Crippen LogP contribution in [-0.2, 0) is 0 Å². The summed E-state index contributed by atoms with van der Waals surface area (Å²) < 4.78 is 0. The van der Waals surface area contributed by atoms with Gasteiger partial charge < -0.3 is 0 Å². The molecule has 0 unspecified atom stereocenters. The monoisotopic (exact) mass is 307 g/mol. The zero-order valence-electron chi connectivity index (χ0n) is 12.4. The Hall–Kier alpha value is -3.83. The van der Waals surface area contributed by atoms with Gasteiger partial charge in [0.25, 0.3) is 0 Å². The van der Waals surface area contributed by atoms with E-state index >= 15 is 0 Å². The van der Waals surface area contributed by atoms with E-state index in [9.17, 15) is 0 Å². The molecule has 0 spiro atoms. The molecule has 24 heavy (non-hydrogen) atoms. The number of benzene rings is 2. The van der Waals surface area contributed by atoms with Crippen molar-refractivity contribution in [3.05, 3.63) is 83.1 Å². The second kappa shape index (κ2) is 5.42. The van der Waals surface area contributed by atoms with Crippen LogP contribution < -0.4 is 0 Å². The van der Waals surface area contributed by atoms with Crippen LogP contribution in [0.5, 0.6) is 0 Å². The molecule has 1 heterocycles. The Morgan fingerprint density at radius 3 is 2.46 bits per heavy atom. The highest BCUT2D eigenvalue weighted by atomic mass is 15.2. The molecule has 5 nitrogen and oxygen atoms in total. The summed E-state index contributed by atoms with van der Waals surface area (Å²) in [6.45, 7) is 7.07. The maximum Gasteiger partial charge on any atom is 0.181 e. The molecule has 5 heteroatoms. The highest BCUT2D eigenvalue weighted by Crippen LogP contribution is 2.35. The fourth-order valence-corrected chi connectivity index (χ4v) is 2.78. The topological polar surface area (TPSA) is 66.3 Å². The molecule has 2 aromatic carbocycles. The van der Waals surface area contributed by atoms with Gasteiger partial charge in [-0.3, -0.25) is 4.98 Å². The van der Waals surface area contributed by atoms with Gasteiger partial charge in [-0.25, -0.2) is 4.98 Å². The minimum atomic E-state index is 0.554. The van der Waals surface area contributed by atoms with Crippen molar-refractivity contribution in [2.45, 2.75) is 0 Å². The lowest BCUT2D eigenvalue weighted by molar-refractivity contribution is 1.20. The fraction of sp³-hybridized carbons (Fsp3) is 0. The SMILES string of the molecule is [C-]#[N+]N=C1c2ccccc2-c2ncc(-c3ccc(C#N)cc3)nc21. The fourth-order valence-electron chi connectivity index (χ4n) is 2.78. The van der Waals surface area contributed by atoms with Crippen molar-refractivity contribution in [1.29, 1.82) is 5.26 Å². The van der Waals surface area contributed by atoms with E-state index in [4.69, 9.17) is 11.8 Å². The number of nitriles is 1. The molecule has 4 rings (SSSR count). The van der Waals surface area contributed by atoms with Crippen LogP contribution in [0.3, 0.4) is 0 Å². The average molecular weight is 307 g/mol. The van der Waals surface area contributed by atoms with Gasteiger partial charge in [-0.05, 0) is 12.1 Å². The average Bonchev–Trinajstić information content (AvgIpc) is 2.96. The summed E-state index contributed by atoms with van der Waals surface area (Å²) in [4.78, 5) is 12.4. The van der Waals surface area contributed by atoms with Crippen LogP contribution in [0, 0.1) is 17.9 Å². The Morgan fingerprint density at radius 2 is 1.75 bits per heavy atom. The molecule has 0 fully saturated rings. The Kier molecular flexibility index (Phi) is 3.12. The number of hydrogen-bond donors (Lipinski definition) is 0. The van der Waals surface area contributed by atoms with Crippen molar-refractivity contribution in [1.82, 2.24) is 9.97 Å². The normalized spacial score (nSPS) is 13.0. The number of aromatic nitrogens is 2. The van der Waals surface area contributed by atoms with E-state index in [1.807, 2.05) is 36.4 Å². The first-order valence-corrected chi connectivity index (χ1v) is 7.24. The van der Waals surface area contributed by atoms with E-state index in [1.165, 1.54) is 0 Å². The number of fused-ring (bicyclic) bond motifs is 3. The van der Waals surface area contributed by atoms with Crippen molar-refractivity contribution in [3.8, 4) is 28.6 Å². The van der Waals surface area contributed by atoms with Crippen molar-refractivity contribution >= 4 is 5.71 Å². The lowest BCUT2D eigenvalue weighted by atomic mass is 10.1. The summed E-state index contributed by atoms with van der Waals surface area (Å²) in [5.74, 6) is 0. The van der Waals surface area contributed by atoms with E-state index in [1.54, 1.807) is 18.3 Å². The third-order valence-corrected chi connectivity index (χ3v) is 3.89. The van der Waals surface area contributed by atoms with Crippen LogP contribution in [0.2, 0.25) is 0 Å². The van der Waals surface area contributed by atoms with Crippen LogP contribution in [-0.4, -0.2) is 15.7 Å². The van der Waals surface area contributed by atoms with Gasteiger partial charge in [0.2, 0.25) is 0 Å². The van der Waals surface area contributed by atoms with Gasteiger partial charge in [-0.1, -0.05) is 36.4 Å². The first-order valence-electron chi connectivity index (χ1n) is 7.24. The predicted molar refractivity (Wildman–Crippen MR) is 89.9 cm³/mol. The Balaban J connectivity index is 1.89. The van der Waals surface area contributed by atoms with E-state index < -0.39 is 0 Å². The Bertz CT molecular complexity index is 1070. The maximum atomic E-state index is 8.90. The molecule has 0 N–H and O–H groups in total. The third kappa shape index (κ3) is 2.05. The number of rotatable bonds is 1. The van der Waals surface area contributed by atoms with Gasteiger partial charge >= 0.3 is 0 Å². The second-order valence-corrected chi connectivity index (χ2v) is 5.24. The smallest absolute Gasteiger partial charge is 0.181 e. The van der Waals surface area contributed by atoms with Crippen molar-refractivity contribution in [2.75, 3.05) is 0 Å². The molecule has 1 aliphatic rings. The highest BCUT2D eigenvalue weighted by molar-refractivity contribution is 6.23. The minimum Gasteiger partial charge on any atom is -0.252 e. The Morgan fingerprint density at radius 1 is 1.00 bits per heavy atom. The molecule has 0 radical (unpaired) electrons. The molecular weight excluding hydrogens is 298 g/mol. The van der Waals surface area contributed by atoms with Gasteiger partial charge in [0.15, 0.2) is 5.71 Å². The molecule has 1 aliphatic carbocycles. The summed E-state index contributed by atoms with van der Waals surface area (Å²) in [7, 11) is 0. The second-order valence-electron chi connectivity index (χ2n) is 5.24. The lowest BCUT2D eigenvalue weighted by Crippen LogP contribution is -2.02. The molecular formula is C19H9N5. The van der Waals surface area contributed by atoms with Gasteiger partial charge in [-0.15, -0.1) is 4.95 Å². The summed E-state index contributed by atoms with van der Waals surface area (Å²) >= 11 is 0. The van der Waals surface area contributed by atoms with Crippen LogP contribution in [0.15, 0.2) is 59.8 Å². The first-order chi connectivity index (χ1) is 11.8. The summed E-state index contributed by atoms with van der Waals surface area (Å²) in [5, 5.41) is 12.8. The van der Waals surface area contributed by atoms with Gasteiger partial charge in [0.05, 0.1) is 34.3 Å². The van der Waals surface area contributed by atoms with E-state index in [-0.39, 0.29) is 0 Å². The molecule has 0 saturated heterocycles. The van der Waals surface area contributed by atoms with Crippen molar-refractivity contribution < 1.29 is 0 Å². The number of nitrogens with zero attached hydrogens (tertiary/aromatic N) is 5. The van der Waals surface area contributed by atoms with Crippen LogP contribution in [0.1, 0.15) is 16.8 Å². The van der Waals surface area contributed by atoms with E-state index in [0.717, 1.165) is 22.4 Å². The summed E-state index contributed by atoms with van der Waals surface area (Å²) in [5.41, 5.74) is 5.87. The Labute approximate surface area is 138 Å². The maximum absolute atomic E-state index is 8.90. The van der Waals surface area contributed by atoms with E-state index in [2.05, 4.69) is 26.1 Å². The first kappa shape index (κ1) is 13.8. The van der Waals surface area contributed by atoms with Crippen LogP contribution in [0.4, 0.5) is 0 Å². The van der Waals surface area contributed by atoms with E-state index in [0.29, 0.717) is 22.7 Å². The van der Waals surface area contributed by atoms with Crippen LogP contribution in [0.25, 0.3) is 27.5 Å². The quantitative estimate of drug-likeness (QED) is 0.398. The minimum absolute atomic E-state index is 0.554. The van der Waals surface area contributed by atoms with Gasteiger partial charge in [0, 0.05) is 16.7 Å². The molecule has 0 saturated carbocycles. The molecule has 0 aliphatic heterocycles. The standard InChI is InChI=1S/C19H9N5/c1-21-24-18-15-5-3-2-4-14(15)17-19(18)23-16(11-22-17)13-8-6-12(10-20)7-9-13/h2-9,11H. The molecule has 3 aromatic rings. The largest absolute Gasteiger partial charge is 0.252 e. The summed E-state index contributed by atoms with van der Waals surface area (Å²) in [6, 6.07) is 17.0. The summed E-state index contributed by atoms with van der Waals surface area (Å²) in [6.07, 6.45) is 1.71. The zero-order valence-corrected chi connectivity index (χ0v) is 12.4.